The Labute approximate surface area is 188 Å². The molecule has 2 aliphatic heterocycles. The van der Waals surface area contributed by atoms with Crippen molar-refractivity contribution < 1.29 is 19.7 Å². The Bertz CT molecular complexity index is 1120. The first-order chi connectivity index (χ1) is 15.1. The van der Waals surface area contributed by atoms with Crippen LogP contribution in [-0.4, -0.2) is 68.2 Å². The van der Waals surface area contributed by atoms with Gasteiger partial charge >= 0.3 is 0 Å². The van der Waals surface area contributed by atoms with Gasteiger partial charge in [0.05, 0.1) is 29.4 Å². The lowest BCUT2D eigenvalue weighted by Gasteiger charge is -2.15. The van der Waals surface area contributed by atoms with Crippen molar-refractivity contribution in [1.82, 2.24) is 15.0 Å². The molecule has 0 spiro atoms. The van der Waals surface area contributed by atoms with Gasteiger partial charge in [-0.1, -0.05) is 41.9 Å². The molecule has 31 heavy (non-hydrogen) atoms. The molecule has 5 rings (SSSR count). The summed E-state index contributed by atoms with van der Waals surface area (Å²) in [7, 11) is 0. The number of pyridine rings is 1. The molecule has 0 bridgehead atoms. The summed E-state index contributed by atoms with van der Waals surface area (Å²) in [6, 6.07) is 10.3. The number of aliphatic hydroxyl groups excluding tert-OH is 2. The molecule has 3 N–H and O–H groups in total. The van der Waals surface area contributed by atoms with E-state index in [-0.39, 0.29) is 19.2 Å². The minimum atomic E-state index is -0.929. The molecule has 0 radical (unpaired) electrons. The summed E-state index contributed by atoms with van der Waals surface area (Å²) >= 11 is 8.47. The monoisotopic (exact) mass is 459 g/mol. The van der Waals surface area contributed by atoms with Gasteiger partial charge in [0.25, 0.3) is 6.01 Å². The van der Waals surface area contributed by atoms with Gasteiger partial charge < -0.3 is 24.7 Å². The highest BCUT2D eigenvalue weighted by Gasteiger charge is 2.37. The Morgan fingerprint density at radius 3 is 2.74 bits per heavy atom. The summed E-state index contributed by atoms with van der Waals surface area (Å²) in [6.07, 6.45) is 1.18. The minimum Gasteiger partial charge on any atom is -0.456 e. The standard InChI is InChI=1S/C22H22ClN3O4S/c23-15-9-16-21(26-22(24-16)30-18-11-29-17(10-27)20(18)28)25-19(15)14-3-1-12(2-4-14)13-5-7-31-8-6-13/h1-5,9,17-18,20,27-28H,6-8,10-11H2,(H,24,25,26)/t17-,18-,20-/m1/s1. The largest absolute Gasteiger partial charge is 0.456 e. The Hall–Kier alpha value is -2.10. The average Bonchev–Trinajstić information content (AvgIpc) is 3.36. The molecule has 0 unspecified atom stereocenters. The van der Waals surface area contributed by atoms with E-state index in [9.17, 15) is 10.2 Å². The smallest absolute Gasteiger partial charge is 0.296 e. The van der Waals surface area contributed by atoms with Crippen LogP contribution in [0.2, 0.25) is 5.02 Å². The molecule has 2 aromatic heterocycles. The molecule has 2 aliphatic rings. The molecule has 0 aliphatic carbocycles. The number of aliphatic hydroxyl groups is 2. The van der Waals surface area contributed by atoms with Crippen molar-refractivity contribution in [3.63, 3.8) is 0 Å². The van der Waals surface area contributed by atoms with Crippen molar-refractivity contribution in [3.05, 3.63) is 47.0 Å². The van der Waals surface area contributed by atoms with Crippen LogP contribution in [0.5, 0.6) is 6.01 Å². The van der Waals surface area contributed by atoms with Crippen LogP contribution in [-0.2, 0) is 4.74 Å². The molecular weight excluding hydrogens is 438 g/mol. The molecule has 162 valence electrons. The number of ether oxygens (including phenoxy) is 2. The van der Waals surface area contributed by atoms with Crippen molar-refractivity contribution in [3.8, 4) is 17.3 Å². The lowest BCUT2D eigenvalue weighted by molar-refractivity contribution is -0.00390. The number of H-pyrrole nitrogens is 1. The number of nitrogens with one attached hydrogen (secondary N) is 1. The van der Waals surface area contributed by atoms with Gasteiger partial charge in [-0.15, -0.1) is 0 Å². The number of hydrogen-bond donors (Lipinski definition) is 3. The molecule has 3 atom stereocenters. The van der Waals surface area contributed by atoms with Gasteiger partial charge in [0.15, 0.2) is 11.8 Å². The predicted octanol–water partition coefficient (Wildman–Crippen LogP) is 3.30. The van der Waals surface area contributed by atoms with Gasteiger partial charge in [-0.2, -0.15) is 16.7 Å². The normalized spacial score (nSPS) is 23.8. The maximum absolute atomic E-state index is 10.1. The number of allylic oxidation sites excluding steroid dienone is 1. The summed E-state index contributed by atoms with van der Waals surface area (Å²) in [5, 5.41) is 19.9. The topological polar surface area (TPSA) is 100 Å². The second kappa shape index (κ2) is 8.80. The van der Waals surface area contributed by atoms with Crippen LogP contribution in [0.4, 0.5) is 0 Å². The van der Waals surface area contributed by atoms with Crippen LogP contribution in [0.15, 0.2) is 36.4 Å². The second-order valence-corrected chi connectivity index (χ2v) is 9.12. The molecule has 1 saturated heterocycles. The van der Waals surface area contributed by atoms with E-state index in [1.54, 1.807) is 6.07 Å². The van der Waals surface area contributed by atoms with Crippen LogP contribution in [0.25, 0.3) is 28.0 Å². The number of thioether (sulfide) groups is 1. The zero-order valence-electron chi connectivity index (χ0n) is 16.6. The SMILES string of the molecule is OC[C@H]1OC[C@@H](Oc2nc3nc(-c4ccc(C5=CCSCC5)cc4)c(Cl)cc3[nH]2)[C@@H]1O. The third-order valence-corrected chi connectivity index (χ3v) is 6.76. The highest BCUT2D eigenvalue weighted by atomic mass is 35.5. The molecule has 4 heterocycles. The summed E-state index contributed by atoms with van der Waals surface area (Å²) in [5.41, 5.74) is 5.29. The van der Waals surface area contributed by atoms with E-state index in [2.05, 4.69) is 33.2 Å². The fraction of sp³-hybridized carbons (Fsp3) is 0.364. The van der Waals surface area contributed by atoms with Crippen molar-refractivity contribution in [2.45, 2.75) is 24.7 Å². The molecule has 1 aromatic carbocycles. The molecule has 9 heteroatoms. The van der Waals surface area contributed by atoms with Gasteiger partial charge in [-0.05, 0) is 29.4 Å². The van der Waals surface area contributed by atoms with Gasteiger partial charge in [0.1, 0.15) is 12.2 Å². The van der Waals surface area contributed by atoms with Gasteiger partial charge in [-0.25, -0.2) is 4.98 Å². The highest BCUT2D eigenvalue weighted by molar-refractivity contribution is 7.99. The summed E-state index contributed by atoms with van der Waals surface area (Å²) < 4.78 is 11.0. The zero-order valence-corrected chi connectivity index (χ0v) is 18.2. The van der Waals surface area contributed by atoms with Crippen LogP contribution in [0, 0.1) is 0 Å². The first-order valence-corrected chi connectivity index (χ1v) is 11.7. The average molecular weight is 460 g/mol. The lowest BCUT2D eigenvalue weighted by atomic mass is 10.0. The number of nitrogens with zero attached hydrogens (tertiary/aromatic N) is 2. The second-order valence-electron chi connectivity index (χ2n) is 7.56. The Balaban J connectivity index is 1.39. The fourth-order valence-electron chi connectivity index (χ4n) is 3.85. The van der Waals surface area contributed by atoms with E-state index in [0.29, 0.717) is 21.9 Å². The molecule has 3 aromatic rings. The molecule has 7 nitrogen and oxygen atoms in total. The number of halogens is 1. The zero-order chi connectivity index (χ0) is 21.4. The third-order valence-electron chi connectivity index (χ3n) is 5.58. The fourth-order valence-corrected chi connectivity index (χ4v) is 4.96. The molecular formula is C22H22ClN3O4S. The van der Waals surface area contributed by atoms with E-state index in [1.165, 1.54) is 11.1 Å². The maximum atomic E-state index is 10.1. The van der Waals surface area contributed by atoms with Crippen molar-refractivity contribution >= 4 is 40.1 Å². The quantitative estimate of drug-likeness (QED) is 0.538. The van der Waals surface area contributed by atoms with Crippen LogP contribution < -0.4 is 4.74 Å². The number of aromatic amines is 1. The number of benzene rings is 1. The number of rotatable bonds is 5. The number of fused-ring (bicyclic) bond motifs is 1. The van der Waals surface area contributed by atoms with E-state index >= 15 is 0 Å². The maximum Gasteiger partial charge on any atom is 0.296 e. The van der Waals surface area contributed by atoms with Gasteiger partial charge in [0, 0.05) is 11.3 Å². The molecule has 0 amide bonds. The van der Waals surface area contributed by atoms with Gasteiger partial charge in [-0.3, -0.25) is 0 Å². The summed E-state index contributed by atoms with van der Waals surface area (Å²) in [5.74, 6) is 2.22. The van der Waals surface area contributed by atoms with E-state index < -0.39 is 18.3 Å². The Morgan fingerprint density at radius 1 is 1.23 bits per heavy atom. The Morgan fingerprint density at radius 2 is 2.03 bits per heavy atom. The van der Waals surface area contributed by atoms with E-state index in [4.69, 9.17) is 21.1 Å². The lowest BCUT2D eigenvalue weighted by Crippen LogP contribution is -2.36. The van der Waals surface area contributed by atoms with E-state index in [0.717, 1.165) is 23.5 Å². The van der Waals surface area contributed by atoms with Crippen LogP contribution in [0.1, 0.15) is 12.0 Å². The highest BCUT2D eigenvalue weighted by Crippen LogP contribution is 2.32. The van der Waals surface area contributed by atoms with E-state index in [1.807, 2.05) is 23.9 Å². The minimum absolute atomic E-state index is 0.171. The predicted molar refractivity (Wildman–Crippen MR) is 122 cm³/mol. The number of aromatic nitrogens is 3. The number of imidazole rings is 1. The van der Waals surface area contributed by atoms with Crippen LogP contribution >= 0.6 is 23.4 Å². The van der Waals surface area contributed by atoms with Gasteiger partial charge in [0.2, 0.25) is 0 Å². The molecule has 0 saturated carbocycles. The first kappa shape index (κ1) is 20.8. The Kier molecular flexibility index (Phi) is 5.90. The third kappa shape index (κ3) is 4.18. The first-order valence-electron chi connectivity index (χ1n) is 10.1. The van der Waals surface area contributed by atoms with Crippen molar-refractivity contribution in [2.24, 2.45) is 0 Å². The van der Waals surface area contributed by atoms with Crippen LogP contribution in [0.3, 0.4) is 0 Å². The molecule has 1 fully saturated rings. The van der Waals surface area contributed by atoms with Crippen molar-refractivity contribution in [1.29, 1.82) is 0 Å². The number of hydrogen-bond acceptors (Lipinski definition) is 7. The summed E-state index contributed by atoms with van der Waals surface area (Å²) in [4.78, 5) is 12.0. The van der Waals surface area contributed by atoms with Crippen molar-refractivity contribution in [2.75, 3.05) is 24.7 Å². The summed E-state index contributed by atoms with van der Waals surface area (Å²) in [6.45, 7) is -0.0962.